The first-order chi connectivity index (χ1) is 16.9. The highest BCUT2D eigenvalue weighted by atomic mass is 32.2. The number of ether oxygens (including phenoxy) is 2. The number of rotatable bonds is 11. The molecule has 3 rings (SSSR count). The van der Waals surface area contributed by atoms with Gasteiger partial charge in [-0.05, 0) is 80.4 Å². The van der Waals surface area contributed by atoms with Crippen LogP contribution in [-0.2, 0) is 17.8 Å². The predicted octanol–water partition coefficient (Wildman–Crippen LogP) is 5.61. The van der Waals surface area contributed by atoms with Gasteiger partial charge in [-0.25, -0.2) is 0 Å². The van der Waals surface area contributed by atoms with E-state index in [0.29, 0.717) is 47.7 Å². The number of aliphatic imine (C=N–C) groups is 1. The van der Waals surface area contributed by atoms with E-state index in [-0.39, 0.29) is 18.2 Å². The fourth-order valence-electron chi connectivity index (χ4n) is 3.56. The Morgan fingerprint density at radius 2 is 1.91 bits per heavy atom. The fraction of sp³-hybridized carbons (Fsp3) is 0.308. The van der Waals surface area contributed by atoms with Crippen molar-refractivity contribution in [3.8, 4) is 11.5 Å². The molecule has 0 N–H and O–H groups in total. The van der Waals surface area contributed by atoms with E-state index in [4.69, 9.17) is 9.47 Å². The fourth-order valence-corrected chi connectivity index (χ4v) is 4.67. The standard InChI is InChI=1S/C26H29N3O5S/c1-5-9-20-14-19(16-23-25(30)28(7-3)26(35-23)27-6-2)15-22(33-8-4)24(20)34-17-18-10-12-21(13-11-18)29(31)32/h5,10-16H,1,6-9,17H2,2-4H3/b23-16+,27-26?. The molecule has 0 radical (unpaired) electrons. The summed E-state index contributed by atoms with van der Waals surface area (Å²) in [6.45, 7) is 11.4. The topological polar surface area (TPSA) is 94.3 Å². The van der Waals surface area contributed by atoms with Gasteiger partial charge in [0.1, 0.15) is 6.61 Å². The lowest BCUT2D eigenvalue weighted by Crippen LogP contribution is -2.28. The molecule has 184 valence electrons. The van der Waals surface area contributed by atoms with E-state index >= 15 is 0 Å². The van der Waals surface area contributed by atoms with Gasteiger partial charge in [-0.15, -0.1) is 6.58 Å². The lowest BCUT2D eigenvalue weighted by Gasteiger charge is -2.17. The molecule has 0 saturated carbocycles. The maximum absolute atomic E-state index is 12.9. The van der Waals surface area contributed by atoms with E-state index < -0.39 is 4.92 Å². The summed E-state index contributed by atoms with van der Waals surface area (Å²) in [5.41, 5.74) is 2.51. The zero-order chi connectivity index (χ0) is 25.4. The van der Waals surface area contributed by atoms with Gasteiger partial charge in [0.2, 0.25) is 0 Å². The van der Waals surface area contributed by atoms with Crippen LogP contribution in [0.3, 0.4) is 0 Å². The van der Waals surface area contributed by atoms with Gasteiger partial charge < -0.3 is 9.47 Å². The molecule has 35 heavy (non-hydrogen) atoms. The van der Waals surface area contributed by atoms with Gasteiger partial charge in [0.15, 0.2) is 16.7 Å². The smallest absolute Gasteiger partial charge is 0.269 e. The van der Waals surface area contributed by atoms with Crippen LogP contribution in [0, 0.1) is 10.1 Å². The van der Waals surface area contributed by atoms with Crippen molar-refractivity contribution in [2.24, 2.45) is 4.99 Å². The molecular weight excluding hydrogens is 466 g/mol. The SMILES string of the molecule is C=CCc1cc(/C=C2/SC(=NCC)N(CC)C2=O)cc(OCC)c1OCc1ccc([N+](=O)[O-])cc1. The molecule has 2 aromatic carbocycles. The number of carbonyl (C=O) groups excluding carboxylic acids is 1. The van der Waals surface area contributed by atoms with E-state index in [1.165, 1.54) is 23.9 Å². The minimum atomic E-state index is -0.433. The number of thioether (sulfide) groups is 1. The number of nitro benzene ring substituents is 1. The van der Waals surface area contributed by atoms with Gasteiger partial charge >= 0.3 is 0 Å². The Morgan fingerprint density at radius 3 is 2.51 bits per heavy atom. The van der Waals surface area contributed by atoms with Crippen LogP contribution < -0.4 is 9.47 Å². The predicted molar refractivity (Wildman–Crippen MR) is 140 cm³/mol. The Balaban J connectivity index is 1.93. The van der Waals surface area contributed by atoms with Crippen molar-refractivity contribution in [2.45, 2.75) is 33.8 Å². The Morgan fingerprint density at radius 1 is 1.17 bits per heavy atom. The molecule has 1 heterocycles. The number of amidine groups is 1. The van der Waals surface area contributed by atoms with Crippen molar-refractivity contribution in [1.29, 1.82) is 0 Å². The molecule has 0 spiro atoms. The molecule has 2 aromatic rings. The first kappa shape index (κ1) is 26.0. The Kier molecular flexibility index (Phi) is 9.08. The van der Waals surface area contributed by atoms with Crippen molar-refractivity contribution in [1.82, 2.24) is 4.90 Å². The minimum absolute atomic E-state index is 0.0293. The van der Waals surface area contributed by atoms with Gasteiger partial charge in [0.05, 0.1) is 16.4 Å². The highest BCUT2D eigenvalue weighted by Crippen LogP contribution is 2.38. The summed E-state index contributed by atoms with van der Waals surface area (Å²) >= 11 is 1.37. The van der Waals surface area contributed by atoms with Crippen molar-refractivity contribution in [3.05, 3.63) is 80.8 Å². The second kappa shape index (κ2) is 12.2. The van der Waals surface area contributed by atoms with Gasteiger partial charge in [0, 0.05) is 30.8 Å². The number of benzene rings is 2. The van der Waals surface area contributed by atoms with Crippen LogP contribution in [0.5, 0.6) is 11.5 Å². The molecule has 0 aromatic heterocycles. The highest BCUT2D eigenvalue weighted by Gasteiger charge is 2.32. The maximum Gasteiger partial charge on any atom is 0.269 e. The molecule has 0 atom stereocenters. The van der Waals surface area contributed by atoms with Crippen molar-refractivity contribution < 1.29 is 19.2 Å². The van der Waals surface area contributed by atoms with Gasteiger partial charge in [-0.1, -0.05) is 6.08 Å². The van der Waals surface area contributed by atoms with Crippen LogP contribution in [0.25, 0.3) is 6.08 Å². The summed E-state index contributed by atoms with van der Waals surface area (Å²) in [5.74, 6) is 1.08. The third kappa shape index (κ3) is 6.30. The Hall–Kier alpha value is -3.59. The minimum Gasteiger partial charge on any atom is -0.490 e. The number of non-ortho nitro benzene ring substituents is 1. The van der Waals surface area contributed by atoms with Crippen molar-refractivity contribution >= 4 is 34.6 Å². The molecule has 0 unspecified atom stereocenters. The number of hydrogen-bond acceptors (Lipinski definition) is 7. The molecule has 1 aliphatic heterocycles. The highest BCUT2D eigenvalue weighted by molar-refractivity contribution is 8.18. The van der Waals surface area contributed by atoms with Crippen LogP contribution in [0.15, 0.2) is 59.0 Å². The average molecular weight is 496 g/mol. The van der Waals surface area contributed by atoms with Crippen LogP contribution in [0.2, 0.25) is 0 Å². The van der Waals surface area contributed by atoms with Crippen LogP contribution >= 0.6 is 11.8 Å². The number of likely N-dealkylation sites (N-methyl/N-ethyl adjacent to an activating group) is 1. The maximum atomic E-state index is 12.9. The average Bonchev–Trinajstić information content (AvgIpc) is 3.13. The first-order valence-electron chi connectivity index (χ1n) is 11.4. The van der Waals surface area contributed by atoms with E-state index in [0.717, 1.165) is 16.7 Å². The van der Waals surface area contributed by atoms with Crippen LogP contribution in [-0.4, -0.2) is 40.6 Å². The van der Waals surface area contributed by atoms with Crippen molar-refractivity contribution in [2.75, 3.05) is 19.7 Å². The third-order valence-electron chi connectivity index (χ3n) is 5.14. The molecule has 0 bridgehead atoms. The number of carbonyl (C=O) groups is 1. The summed E-state index contributed by atoms with van der Waals surface area (Å²) in [4.78, 5) is 30.1. The Bertz CT molecular complexity index is 1160. The molecular formula is C26H29N3O5S. The van der Waals surface area contributed by atoms with Gasteiger partial charge in [-0.3, -0.25) is 24.8 Å². The molecule has 1 fully saturated rings. The molecule has 8 nitrogen and oxygen atoms in total. The monoisotopic (exact) mass is 495 g/mol. The van der Waals surface area contributed by atoms with Crippen molar-refractivity contribution in [3.63, 3.8) is 0 Å². The summed E-state index contributed by atoms with van der Waals surface area (Å²) in [5, 5.41) is 11.6. The summed E-state index contributed by atoms with van der Waals surface area (Å²) in [6.07, 6.45) is 4.17. The lowest BCUT2D eigenvalue weighted by atomic mass is 10.0. The summed E-state index contributed by atoms with van der Waals surface area (Å²) < 4.78 is 12.0. The number of hydrogen-bond donors (Lipinski definition) is 0. The van der Waals surface area contributed by atoms with E-state index in [1.807, 2.05) is 39.0 Å². The van der Waals surface area contributed by atoms with E-state index in [2.05, 4.69) is 11.6 Å². The molecule has 9 heteroatoms. The quantitative estimate of drug-likeness (QED) is 0.174. The van der Waals surface area contributed by atoms with Crippen LogP contribution in [0.4, 0.5) is 5.69 Å². The van der Waals surface area contributed by atoms with Crippen LogP contribution in [0.1, 0.15) is 37.5 Å². The van der Waals surface area contributed by atoms with E-state index in [9.17, 15) is 14.9 Å². The molecule has 1 saturated heterocycles. The first-order valence-corrected chi connectivity index (χ1v) is 12.3. The zero-order valence-corrected chi connectivity index (χ0v) is 21.0. The lowest BCUT2D eigenvalue weighted by molar-refractivity contribution is -0.384. The number of nitro groups is 1. The second-order valence-corrected chi connectivity index (χ2v) is 8.57. The Labute approximate surface area is 209 Å². The third-order valence-corrected chi connectivity index (χ3v) is 6.19. The second-order valence-electron chi connectivity index (χ2n) is 7.56. The summed E-state index contributed by atoms with van der Waals surface area (Å²) in [6, 6.07) is 10.1. The number of amides is 1. The van der Waals surface area contributed by atoms with E-state index in [1.54, 1.807) is 23.1 Å². The normalized spacial score (nSPS) is 15.6. The van der Waals surface area contributed by atoms with Gasteiger partial charge in [-0.2, -0.15) is 0 Å². The number of nitrogens with zero attached hydrogens (tertiary/aromatic N) is 3. The summed E-state index contributed by atoms with van der Waals surface area (Å²) in [7, 11) is 0. The number of allylic oxidation sites excluding steroid dienone is 1. The molecule has 1 amide bonds. The largest absolute Gasteiger partial charge is 0.490 e. The van der Waals surface area contributed by atoms with Gasteiger partial charge in [0.25, 0.3) is 11.6 Å². The molecule has 1 aliphatic rings. The molecule has 0 aliphatic carbocycles. The zero-order valence-electron chi connectivity index (χ0n) is 20.2.